The zero-order valence-corrected chi connectivity index (χ0v) is 10.8. The summed E-state index contributed by atoms with van der Waals surface area (Å²) in [5, 5.41) is 0. The molecule has 1 aromatic carbocycles. The van der Waals surface area contributed by atoms with Crippen LogP contribution in [0.5, 0.6) is 0 Å². The number of amides is 1. The topological polar surface area (TPSA) is 20.3 Å². The summed E-state index contributed by atoms with van der Waals surface area (Å²) < 4.78 is 0. The molecule has 0 unspecified atom stereocenters. The van der Waals surface area contributed by atoms with E-state index in [-0.39, 0.29) is 5.91 Å². The van der Waals surface area contributed by atoms with Crippen molar-refractivity contribution in [2.45, 2.75) is 13.8 Å². The lowest BCUT2D eigenvalue weighted by molar-refractivity contribution is 0.0992. The predicted octanol–water partition coefficient (Wildman–Crippen LogP) is 3.72. The van der Waals surface area contributed by atoms with Gasteiger partial charge in [0.2, 0.25) is 0 Å². The van der Waals surface area contributed by atoms with Crippen molar-refractivity contribution < 1.29 is 4.79 Å². The largest absolute Gasteiger partial charge is 0.308 e. The van der Waals surface area contributed by atoms with Crippen molar-refractivity contribution in [2.75, 3.05) is 11.4 Å². The van der Waals surface area contributed by atoms with Crippen LogP contribution in [0.3, 0.4) is 0 Å². The van der Waals surface area contributed by atoms with Crippen LogP contribution < -0.4 is 4.90 Å². The third kappa shape index (κ3) is 2.56. The molecule has 2 nitrogen and oxygen atoms in total. The van der Waals surface area contributed by atoms with Gasteiger partial charge < -0.3 is 4.90 Å². The fourth-order valence-corrected chi connectivity index (χ4v) is 2.55. The van der Waals surface area contributed by atoms with E-state index in [0.717, 1.165) is 15.4 Å². The van der Waals surface area contributed by atoms with Crippen molar-refractivity contribution in [1.82, 2.24) is 0 Å². The number of nitrogens with zero attached hydrogens (tertiary/aromatic N) is 1. The lowest BCUT2D eigenvalue weighted by atomic mass is 10.2. The number of benzene rings is 1. The van der Waals surface area contributed by atoms with Crippen LogP contribution in [0, 0.1) is 6.92 Å². The van der Waals surface area contributed by atoms with Crippen molar-refractivity contribution in [3.05, 3.63) is 52.2 Å². The van der Waals surface area contributed by atoms with Gasteiger partial charge in [0.1, 0.15) is 0 Å². The highest BCUT2D eigenvalue weighted by atomic mass is 32.1. The number of carbonyl (C=O) groups excluding carboxylic acids is 1. The number of carbonyl (C=O) groups is 1. The van der Waals surface area contributed by atoms with Gasteiger partial charge in [0.15, 0.2) is 0 Å². The second kappa shape index (κ2) is 5.15. The second-order valence-corrected chi connectivity index (χ2v) is 5.08. The summed E-state index contributed by atoms with van der Waals surface area (Å²) in [6.07, 6.45) is 0. The minimum Gasteiger partial charge on any atom is -0.308 e. The quantitative estimate of drug-likeness (QED) is 0.807. The monoisotopic (exact) mass is 245 g/mol. The van der Waals surface area contributed by atoms with Gasteiger partial charge in [0.25, 0.3) is 5.91 Å². The Kier molecular flexibility index (Phi) is 3.59. The first-order valence-electron chi connectivity index (χ1n) is 5.65. The molecule has 0 saturated carbocycles. The molecule has 0 saturated heterocycles. The number of anilines is 1. The highest BCUT2D eigenvalue weighted by Gasteiger charge is 2.16. The summed E-state index contributed by atoms with van der Waals surface area (Å²) in [5.41, 5.74) is 0.950. The average molecular weight is 245 g/mol. The summed E-state index contributed by atoms with van der Waals surface area (Å²) in [6.45, 7) is 4.69. The van der Waals surface area contributed by atoms with Crippen molar-refractivity contribution in [2.24, 2.45) is 0 Å². The van der Waals surface area contributed by atoms with Crippen LogP contribution >= 0.6 is 11.3 Å². The van der Waals surface area contributed by atoms with Crippen LogP contribution in [-0.2, 0) is 0 Å². The van der Waals surface area contributed by atoms with Gasteiger partial charge in [-0.15, -0.1) is 11.3 Å². The zero-order valence-electron chi connectivity index (χ0n) is 10.0. The SMILES string of the molecule is CCN(C(=O)c1ccc(C)s1)c1ccccc1. The fourth-order valence-electron chi connectivity index (χ4n) is 1.73. The Morgan fingerprint density at radius 1 is 1.18 bits per heavy atom. The predicted molar refractivity (Wildman–Crippen MR) is 72.8 cm³/mol. The minimum absolute atomic E-state index is 0.0804. The molecule has 0 atom stereocenters. The standard InChI is InChI=1S/C14H15NOS/c1-3-15(12-7-5-4-6-8-12)14(16)13-10-9-11(2)17-13/h4-10H,3H2,1-2H3. The number of rotatable bonds is 3. The van der Waals surface area contributed by atoms with E-state index in [1.807, 2.05) is 56.3 Å². The summed E-state index contributed by atoms with van der Waals surface area (Å²) in [5.74, 6) is 0.0804. The van der Waals surface area contributed by atoms with Crippen molar-refractivity contribution in [3.63, 3.8) is 0 Å². The third-order valence-electron chi connectivity index (χ3n) is 2.58. The molecule has 88 valence electrons. The molecule has 3 heteroatoms. The molecule has 0 spiro atoms. The van der Waals surface area contributed by atoms with Crippen LogP contribution in [-0.4, -0.2) is 12.5 Å². The molecule has 0 aliphatic carbocycles. The number of aryl methyl sites for hydroxylation is 1. The van der Waals surface area contributed by atoms with E-state index in [2.05, 4.69) is 0 Å². The maximum atomic E-state index is 12.3. The maximum Gasteiger partial charge on any atom is 0.268 e. The number of hydrogen-bond acceptors (Lipinski definition) is 2. The van der Waals surface area contributed by atoms with E-state index in [1.165, 1.54) is 0 Å². The smallest absolute Gasteiger partial charge is 0.268 e. The Morgan fingerprint density at radius 2 is 1.88 bits per heavy atom. The number of para-hydroxylation sites is 1. The summed E-state index contributed by atoms with van der Waals surface area (Å²) >= 11 is 1.54. The van der Waals surface area contributed by atoms with E-state index in [9.17, 15) is 4.79 Å². The molecule has 2 rings (SSSR count). The summed E-state index contributed by atoms with van der Waals surface area (Å²) in [6, 6.07) is 13.7. The van der Waals surface area contributed by atoms with Crippen LogP contribution in [0.1, 0.15) is 21.5 Å². The van der Waals surface area contributed by atoms with Gasteiger partial charge in [-0.2, -0.15) is 0 Å². The maximum absolute atomic E-state index is 12.3. The molecular weight excluding hydrogens is 230 g/mol. The normalized spacial score (nSPS) is 10.2. The summed E-state index contributed by atoms with van der Waals surface area (Å²) in [4.78, 5) is 16.1. The molecule has 0 fully saturated rings. The van der Waals surface area contributed by atoms with Gasteiger partial charge in [0.05, 0.1) is 4.88 Å². The molecule has 1 aromatic heterocycles. The first kappa shape index (κ1) is 11.9. The van der Waals surface area contributed by atoms with E-state index in [1.54, 1.807) is 16.2 Å². The molecular formula is C14H15NOS. The van der Waals surface area contributed by atoms with E-state index in [4.69, 9.17) is 0 Å². The molecule has 0 N–H and O–H groups in total. The molecule has 1 heterocycles. The van der Waals surface area contributed by atoms with Gasteiger partial charge in [-0.1, -0.05) is 18.2 Å². The van der Waals surface area contributed by atoms with Gasteiger partial charge >= 0.3 is 0 Å². The number of hydrogen-bond donors (Lipinski definition) is 0. The van der Waals surface area contributed by atoms with E-state index in [0.29, 0.717) is 6.54 Å². The molecule has 0 aliphatic heterocycles. The Bertz CT molecular complexity index is 504. The van der Waals surface area contributed by atoms with E-state index >= 15 is 0 Å². The zero-order chi connectivity index (χ0) is 12.3. The first-order valence-corrected chi connectivity index (χ1v) is 6.47. The molecule has 1 amide bonds. The van der Waals surface area contributed by atoms with Crippen molar-refractivity contribution in [1.29, 1.82) is 0 Å². The second-order valence-electron chi connectivity index (χ2n) is 3.80. The Hall–Kier alpha value is -1.61. The third-order valence-corrected chi connectivity index (χ3v) is 3.57. The Balaban J connectivity index is 2.28. The lowest BCUT2D eigenvalue weighted by Crippen LogP contribution is -2.29. The molecule has 2 aromatic rings. The van der Waals surface area contributed by atoms with Crippen LogP contribution in [0.15, 0.2) is 42.5 Å². The van der Waals surface area contributed by atoms with Gasteiger partial charge in [-0.05, 0) is 38.1 Å². The summed E-state index contributed by atoms with van der Waals surface area (Å²) in [7, 11) is 0. The fraction of sp³-hybridized carbons (Fsp3) is 0.214. The number of thiophene rings is 1. The minimum atomic E-state index is 0.0804. The highest BCUT2D eigenvalue weighted by molar-refractivity contribution is 7.14. The average Bonchev–Trinajstić information content (AvgIpc) is 2.78. The van der Waals surface area contributed by atoms with Gasteiger partial charge in [-0.3, -0.25) is 4.79 Å². The van der Waals surface area contributed by atoms with Crippen molar-refractivity contribution in [3.8, 4) is 0 Å². The molecule has 0 radical (unpaired) electrons. The lowest BCUT2D eigenvalue weighted by Gasteiger charge is -2.20. The van der Waals surface area contributed by atoms with Crippen LogP contribution in [0.2, 0.25) is 0 Å². The Morgan fingerprint density at radius 3 is 2.41 bits per heavy atom. The highest BCUT2D eigenvalue weighted by Crippen LogP contribution is 2.21. The molecule has 0 bridgehead atoms. The Labute approximate surface area is 106 Å². The van der Waals surface area contributed by atoms with Crippen LogP contribution in [0.4, 0.5) is 5.69 Å². The first-order chi connectivity index (χ1) is 8.22. The van der Waals surface area contributed by atoms with Gasteiger partial charge in [0, 0.05) is 17.1 Å². The van der Waals surface area contributed by atoms with Crippen molar-refractivity contribution >= 4 is 22.9 Å². The molecule has 0 aliphatic rings. The van der Waals surface area contributed by atoms with Gasteiger partial charge in [-0.25, -0.2) is 0 Å². The van der Waals surface area contributed by atoms with Crippen LogP contribution in [0.25, 0.3) is 0 Å². The van der Waals surface area contributed by atoms with E-state index < -0.39 is 0 Å². The molecule has 17 heavy (non-hydrogen) atoms.